The van der Waals surface area contributed by atoms with Gasteiger partial charge in [0.05, 0.1) is 5.92 Å². The van der Waals surface area contributed by atoms with Gasteiger partial charge in [-0.1, -0.05) is 50.8 Å². The Balaban J connectivity index is 1.98. The molecular weight excluding hydrogens is 246 g/mol. The van der Waals surface area contributed by atoms with Gasteiger partial charge in [-0.25, -0.2) is 0 Å². The quantitative estimate of drug-likeness (QED) is 0.707. The van der Waals surface area contributed by atoms with Crippen LogP contribution in [0.4, 0.5) is 8.78 Å². The van der Waals surface area contributed by atoms with Gasteiger partial charge in [-0.05, 0) is 30.9 Å². The van der Waals surface area contributed by atoms with Gasteiger partial charge in [0.2, 0.25) is 0 Å². The highest BCUT2D eigenvalue weighted by atomic mass is 19.3. The van der Waals surface area contributed by atoms with Crippen LogP contribution in [-0.4, -0.2) is 6.11 Å². The molecular formula is C16H22F2O. The fraction of sp³-hybridized carbons (Fsp3) is 0.625. The number of hydrogen-bond donors (Lipinski definition) is 0. The average Bonchev–Trinajstić information content (AvgIpc) is 2.40. The zero-order valence-corrected chi connectivity index (χ0v) is 11.4. The van der Waals surface area contributed by atoms with Crippen LogP contribution in [0.1, 0.15) is 45.4 Å². The molecule has 1 saturated carbocycles. The molecule has 2 unspecified atom stereocenters. The second-order valence-electron chi connectivity index (χ2n) is 5.50. The summed E-state index contributed by atoms with van der Waals surface area (Å²) in [5, 5.41) is 0. The van der Waals surface area contributed by atoms with E-state index in [0.29, 0.717) is 18.8 Å². The molecule has 0 saturated heterocycles. The van der Waals surface area contributed by atoms with Crippen LogP contribution < -0.4 is 4.74 Å². The first-order valence-electron chi connectivity index (χ1n) is 7.23. The minimum atomic E-state index is -3.05. The Morgan fingerprint density at radius 1 is 1.21 bits per heavy atom. The van der Waals surface area contributed by atoms with Crippen LogP contribution in [0.5, 0.6) is 5.75 Å². The molecule has 1 nitrogen and oxygen atoms in total. The molecule has 1 aliphatic carbocycles. The van der Waals surface area contributed by atoms with Crippen LogP contribution >= 0.6 is 0 Å². The van der Waals surface area contributed by atoms with Gasteiger partial charge >= 0.3 is 6.11 Å². The van der Waals surface area contributed by atoms with Gasteiger partial charge in [0, 0.05) is 0 Å². The van der Waals surface area contributed by atoms with Gasteiger partial charge in [0.1, 0.15) is 5.75 Å². The monoisotopic (exact) mass is 268 g/mol. The lowest BCUT2D eigenvalue weighted by Crippen LogP contribution is -2.37. The predicted octanol–water partition coefficient (Wildman–Crippen LogP) is 5.26. The lowest BCUT2D eigenvalue weighted by Gasteiger charge is -2.33. The van der Waals surface area contributed by atoms with Crippen LogP contribution in [0.2, 0.25) is 0 Å². The number of para-hydroxylation sites is 1. The van der Waals surface area contributed by atoms with E-state index in [4.69, 9.17) is 4.74 Å². The van der Waals surface area contributed by atoms with E-state index in [0.717, 1.165) is 25.7 Å². The van der Waals surface area contributed by atoms with E-state index in [2.05, 4.69) is 6.92 Å². The predicted molar refractivity (Wildman–Crippen MR) is 72.4 cm³/mol. The van der Waals surface area contributed by atoms with E-state index >= 15 is 0 Å². The molecule has 1 aliphatic rings. The third-order valence-corrected chi connectivity index (χ3v) is 3.95. The SMILES string of the molecule is CCCC1CCCC(C(F)(F)Oc2ccccc2)C1. The Hall–Kier alpha value is -1.12. The molecule has 2 atom stereocenters. The molecule has 1 fully saturated rings. The topological polar surface area (TPSA) is 9.23 Å². The van der Waals surface area contributed by atoms with Crippen LogP contribution in [0.25, 0.3) is 0 Å². The van der Waals surface area contributed by atoms with Crippen molar-refractivity contribution >= 4 is 0 Å². The number of rotatable bonds is 5. The fourth-order valence-electron chi connectivity index (χ4n) is 3.00. The van der Waals surface area contributed by atoms with Crippen molar-refractivity contribution < 1.29 is 13.5 Å². The number of ether oxygens (including phenoxy) is 1. The van der Waals surface area contributed by atoms with Gasteiger partial charge in [-0.15, -0.1) is 0 Å². The van der Waals surface area contributed by atoms with Gasteiger partial charge in [-0.2, -0.15) is 8.78 Å². The number of hydrogen-bond acceptors (Lipinski definition) is 1. The molecule has 0 heterocycles. The normalized spacial score (nSPS) is 24.2. The van der Waals surface area contributed by atoms with Crippen LogP contribution in [0, 0.1) is 11.8 Å². The molecule has 0 amide bonds. The molecule has 106 valence electrons. The van der Waals surface area contributed by atoms with Gasteiger partial charge in [0.25, 0.3) is 0 Å². The molecule has 3 heteroatoms. The van der Waals surface area contributed by atoms with E-state index in [9.17, 15) is 8.78 Å². The Morgan fingerprint density at radius 3 is 2.63 bits per heavy atom. The number of alkyl halides is 2. The van der Waals surface area contributed by atoms with Crippen molar-refractivity contribution in [2.24, 2.45) is 11.8 Å². The largest absolute Gasteiger partial charge is 0.432 e. The van der Waals surface area contributed by atoms with Crippen molar-refractivity contribution in [3.63, 3.8) is 0 Å². The van der Waals surface area contributed by atoms with Crippen molar-refractivity contribution in [3.8, 4) is 5.75 Å². The summed E-state index contributed by atoms with van der Waals surface area (Å²) in [6.45, 7) is 2.11. The zero-order chi connectivity index (χ0) is 13.7. The van der Waals surface area contributed by atoms with E-state index in [-0.39, 0.29) is 5.75 Å². The standard InChI is InChI=1S/C16H22F2O/c1-2-7-13-8-6-9-14(12-13)16(17,18)19-15-10-4-3-5-11-15/h3-5,10-11,13-14H,2,6-9,12H2,1H3. The molecule has 0 bridgehead atoms. The number of halogens is 2. The first kappa shape index (κ1) is 14.3. The van der Waals surface area contributed by atoms with Crippen molar-refractivity contribution in [1.82, 2.24) is 0 Å². The molecule has 0 aliphatic heterocycles. The van der Waals surface area contributed by atoms with Crippen molar-refractivity contribution in [1.29, 1.82) is 0 Å². The third kappa shape index (κ3) is 3.92. The molecule has 1 aromatic carbocycles. The second kappa shape index (κ2) is 6.36. The van der Waals surface area contributed by atoms with E-state index in [1.165, 1.54) is 0 Å². The zero-order valence-electron chi connectivity index (χ0n) is 11.4. The van der Waals surface area contributed by atoms with Crippen molar-refractivity contribution in [3.05, 3.63) is 30.3 Å². The molecule has 0 aromatic heterocycles. The summed E-state index contributed by atoms with van der Waals surface area (Å²) in [7, 11) is 0. The summed E-state index contributed by atoms with van der Waals surface area (Å²) >= 11 is 0. The summed E-state index contributed by atoms with van der Waals surface area (Å²) in [5.74, 6) is 0.0529. The van der Waals surface area contributed by atoms with E-state index in [1.807, 2.05) is 0 Å². The van der Waals surface area contributed by atoms with Gasteiger partial charge in [0.15, 0.2) is 0 Å². The number of benzene rings is 1. The van der Waals surface area contributed by atoms with Gasteiger partial charge in [-0.3, -0.25) is 0 Å². The van der Waals surface area contributed by atoms with E-state index < -0.39 is 12.0 Å². The van der Waals surface area contributed by atoms with Crippen LogP contribution in [0.3, 0.4) is 0 Å². The molecule has 2 rings (SSSR count). The maximum absolute atomic E-state index is 14.2. The molecule has 19 heavy (non-hydrogen) atoms. The third-order valence-electron chi connectivity index (χ3n) is 3.95. The summed E-state index contributed by atoms with van der Waals surface area (Å²) < 4.78 is 33.3. The Labute approximate surface area is 114 Å². The van der Waals surface area contributed by atoms with E-state index in [1.54, 1.807) is 30.3 Å². The highest BCUT2D eigenvalue weighted by molar-refractivity contribution is 5.21. The summed E-state index contributed by atoms with van der Waals surface area (Å²) in [5.41, 5.74) is 0. The molecule has 0 radical (unpaired) electrons. The molecule has 0 N–H and O–H groups in total. The molecule has 0 spiro atoms. The first-order chi connectivity index (χ1) is 9.12. The summed E-state index contributed by atoms with van der Waals surface area (Å²) in [6, 6.07) is 8.39. The highest BCUT2D eigenvalue weighted by Gasteiger charge is 2.44. The fourth-order valence-corrected chi connectivity index (χ4v) is 3.00. The second-order valence-corrected chi connectivity index (χ2v) is 5.50. The van der Waals surface area contributed by atoms with Crippen molar-refractivity contribution in [2.45, 2.75) is 51.6 Å². The summed E-state index contributed by atoms with van der Waals surface area (Å²) in [6.07, 6.45) is 2.22. The lowest BCUT2D eigenvalue weighted by molar-refractivity contribution is -0.225. The molecule has 1 aromatic rings. The minimum absolute atomic E-state index is 0.255. The maximum atomic E-state index is 14.2. The van der Waals surface area contributed by atoms with Crippen LogP contribution in [-0.2, 0) is 0 Å². The average molecular weight is 268 g/mol. The summed E-state index contributed by atoms with van der Waals surface area (Å²) in [4.78, 5) is 0. The maximum Gasteiger partial charge on any atom is 0.400 e. The lowest BCUT2D eigenvalue weighted by atomic mass is 9.79. The Morgan fingerprint density at radius 2 is 1.95 bits per heavy atom. The first-order valence-corrected chi connectivity index (χ1v) is 7.23. The van der Waals surface area contributed by atoms with Gasteiger partial charge < -0.3 is 4.74 Å². The highest BCUT2D eigenvalue weighted by Crippen LogP contribution is 2.41. The van der Waals surface area contributed by atoms with Crippen LogP contribution in [0.15, 0.2) is 30.3 Å². The Bertz CT molecular complexity index is 376. The smallest absolute Gasteiger partial charge is 0.400 e. The Kier molecular flexibility index (Phi) is 4.78. The van der Waals surface area contributed by atoms with Crippen molar-refractivity contribution in [2.75, 3.05) is 0 Å². The minimum Gasteiger partial charge on any atom is -0.432 e.